The molecule has 0 spiro atoms. The van der Waals surface area contributed by atoms with Crippen LogP contribution >= 0.6 is 22.9 Å². The number of nitrogens with zero attached hydrogens (tertiary/aromatic N) is 5. The molecule has 3 aromatic heterocycles. The number of benzene rings is 2. The Bertz CT molecular complexity index is 1400. The fraction of sp³-hybridized carbons (Fsp3) is 0.167. The maximum atomic E-state index is 6.04. The van der Waals surface area contributed by atoms with Gasteiger partial charge >= 0.3 is 0 Å². The second kappa shape index (κ2) is 8.33. The van der Waals surface area contributed by atoms with Crippen molar-refractivity contribution in [3.8, 4) is 11.3 Å². The van der Waals surface area contributed by atoms with Crippen molar-refractivity contribution in [2.45, 2.75) is 27.2 Å². The average molecular weight is 461 g/mol. The lowest BCUT2D eigenvalue weighted by molar-refractivity contribution is 0.952. The molecule has 0 fully saturated rings. The third-order valence-electron chi connectivity index (χ3n) is 5.28. The Balaban J connectivity index is 1.49. The van der Waals surface area contributed by atoms with Gasteiger partial charge in [-0.3, -0.25) is 0 Å². The number of aryl methyl sites for hydroxylation is 3. The topological polar surface area (TPSA) is 68.0 Å². The molecule has 0 aliphatic carbocycles. The summed E-state index contributed by atoms with van der Waals surface area (Å²) in [7, 11) is 0. The standard InChI is InChI=1S/C24H21ClN6S/c1-14-4-6-17(7-5-14)12-20-15(2)26-16(3)27-22(20)28-23-29-24-31(30-23)21(13-32-24)18-8-10-19(25)11-9-18/h4-11,13H,12H2,1-3H3,(H,26,27,28,30). The Kier molecular flexibility index (Phi) is 5.36. The summed E-state index contributed by atoms with van der Waals surface area (Å²) in [6, 6.07) is 16.2. The molecule has 0 amide bonds. The minimum atomic E-state index is 0.509. The molecule has 0 radical (unpaired) electrons. The molecule has 0 aliphatic heterocycles. The number of thiazole rings is 1. The highest BCUT2D eigenvalue weighted by Crippen LogP contribution is 2.28. The van der Waals surface area contributed by atoms with E-state index in [0.717, 1.165) is 39.7 Å². The number of anilines is 2. The largest absolute Gasteiger partial charge is 0.307 e. The van der Waals surface area contributed by atoms with Crippen molar-refractivity contribution in [2.75, 3.05) is 5.32 Å². The van der Waals surface area contributed by atoms with E-state index in [1.54, 1.807) is 11.3 Å². The van der Waals surface area contributed by atoms with Gasteiger partial charge < -0.3 is 5.32 Å². The maximum absolute atomic E-state index is 6.04. The lowest BCUT2D eigenvalue weighted by Crippen LogP contribution is -2.07. The van der Waals surface area contributed by atoms with Gasteiger partial charge in [0.15, 0.2) is 0 Å². The first-order valence-corrected chi connectivity index (χ1v) is 11.5. The molecule has 0 aliphatic rings. The van der Waals surface area contributed by atoms with E-state index in [9.17, 15) is 0 Å². The minimum Gasteiger partial charge on any atom is -0.307 e. The lowest BCUT2D eigenvalue weighted by atomic mass is 10.0. The van der Waals surface area contributed by atoms with Crippen LogP contribution in [0.4, 0.5) is 11.8 Å². The van der Waals surface area contributed by atoms with E-state index in [0.29, 0.717) is 16.8 Å². The predicted octanol–water partition coefficient (Wildman–Crippen LogP) is 6.16. The summed E-state index contributed by atoms with van der Waals surface area (Å²) >= 11 is 7.58. The molecule has 0 unspecified atom stereocenters. The molecule has 32 heavy (non-hydrogen) atoms. The number of hydrogen-bond acceptors (Lipinski definition) is 6. The smallest absolute Gasteiger partial charge is 0.249 e. The van der Waals surface area contributed by atoms with Gasteiger partial charge in [0.05, 0.1) is 5.69 Å². The van der Waals surface area contributed by atoms with E-state index in [1.807, 2.05) is 48.0 Å². The average Bonchev–Trinajstić information content (AvgIpc) is 3.33. The van der Waals surface area contributed by atoms with Gasteiger partial charge in [-0.2, -0.15) is 4.98 Å². The van der Waals surface area contributed by atoms with Crippen molar-refractivity contribution in [3.05, 3.63) is 87.1 Å². The normalized spacial score (nSPS) is 11.2. The van der Waals surface area contributed by atoms with Crippen molar-refractivity contribution in [1.29, 1.82) is 0 Å². The van der Waals surface area contributed by atoms with Gasteiger partial charge in [-0.1, -0.05) is 53.6 Å². The third kappa shape index (κ3) is 4.09. The van der Waals surface area contributed by atoms with Crippen molar-refractivity contribution >= 4 is 39.7 Å². The monoisotopic (exact) mass is 460 g/mol. The number of fused-ring (bicyclic) bond motifs is 1. The first-order chi connectivity index (χ1) is 15.5. The molecule has 5 rings (SSSR count). The summed E-state index contributed by atoms with van der Waals surface area (Å²) < 4.78 is 1.84. The Morgan fingerprint density at radius 2 is 1.69 bits per heavy atom. The Morgan fingerprint density at radius 3 is 2.44 bits per heavy atom. The maximum Gasteiger partial charge on any atom is 0.249 e. The highest BCUT2D eigenvalue weighted by molar-refractivity contribution is 7.15. The number of nitrogens with one attached hydrogen (secondary N) is 1. The number of aromatic nitrogens is 5. The molecule has 6 nitrogen and oxygen atoms in total. The van der Waals surface area contributed by atoms with E-state index < -0.39 is 0 Å². The quantitative estimate of drug-likeness (QED) is 0.340. The number of halogens is 1. The number of hydrogen-bond donors (Lipinski definition) is 1. The molecule has 0 saturated heterocycles. The van der Waals surface area contributed by atoms with E-state index >= 15 is 0 Å². The van der Waals surface area contributed by atoms with Crippen LogP contribution in [-0.2, 0) is 6.42 Å². The fourth-order valence-electron chi connectivity index (χ4n) is 3.62. The van der Waals surface area contributed by atoms with Crippen LogP contribution in [0.1, 0.15) is 28.2 Å². The van der Waals surface area contributed by atoms with Gasteiger partial charge in [0.25, 0.3) is 0 Å². The molecule has 0 saturated carbocycles. The highest BCUT2D eigenvalue weighted by Gasteiger charge is 2.16. The zero-order valence-electron chi connectivity index (χ0n) is 17.9. The molecule has 5 aromatic rings. The molecule has 0 atom stereocenters. The minimum absolute atomic E-state index is 0.509. The van der Waals surface area contributed by atoms with Gasteiger partial charge in [0, 0.05) is 33.6 Å². The Hall–Kier alpha value is -3.29. The van der Waals surface area contributed by atoms with E-state index in [-0.39, 0.29) is 0 Å². The van der Waals surface area contributed by atoms with Crippen molar-refractivity contribution < 1.29 is 0 Å². The predicted molar refractivity (Wildman–Crippen MR) is 130 cm³/mol. The Labute approximate surface area is 195 Å². The fourth-order valence-corrected chi connectivity index (χ4v) is 4.58. The van der Waals surface area contributed by atoms with E-state index in [1.165, 1.54) is 11.1 Å². The summed E-state index contributed by atoms with van der Waals surface area (Å²) in [5.74, 6) is 1.96. The van der Waals surface area contributed by atoms with Gasteiger partial charge in [0.1, 0.15) is 11.6 Å². The lowest BCUT2D eigenvalue weighted by Gasteiger charge is -2.13. The summed E-state index contributed by atoms with van der Waals surface area (Å²) in [5.41, 5.74) is 6.43. The summed E-state index contributed by atoms with van der Waals surface area (Å²) in [5, 5.41) is 10.8. The second-order valence-corrected chi connectivity index (χ2v) is 9.00. The van der Waals surface area contributed by atoms with Crippen LogP contribution in [0.25, 0.3) is 16.2 Å². The molecule has 0 bridgehead atoms. The Morgan fingerprint density at radius 1 is 0.938 bits per heavy atom. The van der Waals surface area contributed by atoms with Crippen LogP contribution < -0.4 is 5.32 Å². The van der Waals surface area contributed by atoms with E-state index in [4.69, 9.17) is 16.7 Å². The summed E-state index contributed by atoms with van der Waals surface area (Å²) in [4.78, 5) is 14.7. The summed E-state index contributed by atoms with van der Waals surface area (Å²) in [6.45, 7) is 6.00. The van der Waals surface area contributed by atoms with Crippen molar-refractivity contribution in [3.63, 3.8) is 0 Å². The molecular formula is C24H21ClN6S. The highest BCUT2D eigenvalue weighted by atomic mass is 35.5. The van der Waals surface area contributed by atoms with Crippen LogP contribution in [0.5, 0.6) is 0 Å². The molecule has 3 heterocycles. The van der Waals surface area contributed by atoms with Crippen LogP contribution in [0.2, 0.25) is 5.02 Å². The molecule has 2 aromatic carbocycles. The van der Waals surface area contributed by atoms with Crippen LogP contribution in [-0.4, -0.2) is 24.6 Å². The van der Waals surface area contributed by atoms with Crippen LogP contribution in [0.15, 0.2) is 53.9 Å². The van der Waals surface area contributed by atoms with Crippen LogP contribution in [0, 0.1) is 20.8 Å². The van der Waals surface area contributed by atoms with Gasteiger partial charge in [-0.05, 0) is 38.5 Å². The molecular weight excluding hydrogens is 440 g/mol. The van der Waals surface area contributed by atoms with E-state index in [2.05, 4.69) is 51.5 Å². The van der Waals surface area contributed by atoms with Crippen molar-refractivity contribution in [1.82, 2.24) is 24.6 Å². The third-order valence-corrected chi connectivity index (χ3v) is 6.35. The molecule has 160 valence electrons. The summed E-state index contributed by atoms with van der Waals surface area (Å²) in [6.07, 6.45) is 0.729. The van der Waals surface area contributed by atoms with Gasteiger partial charge in [-0.15, -0.1) is 16.4 Å². The first-order valence-electron chi connectivity index (χ1n) is 10.2. The second-order valence-electron chi connectivity index (χ2n) is 7.73. The van der Waals surface area contributed by atoms with Gasteiger partial charge in [0.2, 0.25) is 10.9 Å². The zero-order chi connectivity index (χ0) is 22.2. The zero-order valence-corrected chi connectivity index (χ0v) is 19.5. The SMILES string of the molecule is Cc1ccc(Cc2c(C)nc(C)nc2Nc2nc3scc(-c4ccc(Cl)cc4)n3n2)cc1. The molecule has 8 heteroatoms. The van der Waals surface area contributed by atoms with Crippen molar-refractivity contribution in [2.24, 2.45) is 0 Å². The number of rotatable bonds is 5. The van der Waals surface area contributed by atoms with Crippen LogP contribution in [0.3, 0.4) is 0 Å². The first kappa shape index (κ1) is 20.6. The van der Waals surface area contributed by atoms with Gasteiger partial charge in [-0.25, -0.2) is 14.5 Å². The molecule has 1 N–H and O–H groups in total.